The highest BCUT2D eigenvalue weighted by Gasteiger charge is 2.13. The third kappa shape index (κ3) is 4.92. The van der Waals surface area contributed by atoms with Crippen LogP contribution in [0.25, 0.3) is 0 Å². The van der Waals surface area contributed by atoms with Crippen LogP contribution >= 0.6 is 23.1 Å². The molecule has 0 spiro atoms. The number of carbonyl (C=O) groups excluding carboxylic acids is 2. The lowest BCUT2D eigenvalue weighted by Gasteiger charge is -2.10. The Morgan fingerprint density at radius 2 is 1.91 bits per heavy atom. The maximum atomic E-state index is 12.5. The molecule has 1 amide bonds. The second-order valence-corrected chi connectivity index (χ2v) is 6.30. The lowest BCUT2D eigenvalue weighted by Crippen LogP contribution is -2.13. The molecule has 0 fully saturated rings. The minimum Gasteiger partial charge on any atom is -0.325 e. The lowest BCUT2D eigenvalue weighted by atomic mass is 10.2. The molecule has 0 saturated carbocycles. The van der Waals surface area contributed by atoms with E-state index < -0.39 is 5.76 Å². The maximum Gasteiger partial charge on any atom is 0.288 e. The number of thiophene rings is 1. The zero-order valence-electron chi connectivity index (χ0n) is 11.4. The van der Waals surface area contributed by atoms with E-state index in [0.29, 0.717) is 27.2 Å². The predicted molar refractivity (Wildman–Crippen MR) is 84.8 cm³/mol. The molecule has 116 valence electrons. The number of benzene rings is 1. The van der Waals surface area contributed by atoms with Crippen molar-refractivity contribution in [2.75, 3.05) is 5.32 Å². The number of halogens is 2. The third-order valence-electron chi connectivity index (χ3n) is 2.75. The Balaban J connectivity index is 1.91. The number of thioether (sulfide) groups is 1. The largest absolute Gasteiger partial charge is 0.325 e. The molecule has 2 aromatic rings. The van der Waals surface area contributed by atoms with Crippen molar-refractivity contribution in [3.63, 3.8) is 0 Å². The van der Waals surface area contributed by atoms with Crippen molar-refractivity contribution < 1.29 is 18.4 Å². The van der Waals surface area contributed by atoms with Crippen molar-refractivity contribution in [3.8, 4) is 0 Å². The van der Waals surface area contributed by atoms with Crippen LogP contribution in [-0.2, 0) is 4.79 Å². The van der Waals surface area contributed by atoms with Gasteiger partial charge in [0.2, 0.25) is 5.91 Å². The lowest BCUT2D eigenvalue weighted by molar-refractivity contribution is -0.116. The molecule has 0 aliphatic carbocycles. The van der Waals surface area contributed by atoms with Crippen molar-refractivity contribution in [2.45, 2.75) is 23.5 Å². The fourth-order valence-corrected chi connectivity index (χ4v) is 3.06. The molecule has 0 unspecified atom stereocenters. The molecule has 3 nitrogen and oxygen atoms in total. The highest BCUT2D eigenvalue weighted by molar-refractivity contribution is 7.99. The van der Waals surface area contributed by atoms with Crippen LogP contribution in [0.4, 0.5) is 14.5 Å². The fourth-order valence-electron chi connectivity index (χ4n) is 1.77. The summed E-state index contributed by atoms with van der Waals surface area (Å²) in [5.74, 6) is -3.02. The van der Waals surface area contributed by atoms with E-state index in [1.165, 1.54) is 17.4 Å². The standard InChI is InChI=1S/C15H13F2NO2S2/c16-15(17)22-12-5-2-1-4-10(12)18-14(20)8-7-11(19)13-6-3-9-21-13/h1-6,9,15H,7-8H2,(H,18,20). The average molecular weight is 341 g/mol. The molecule has 22 heavy (non-hydrogen) atoms. The predicted octanol–water partition coefficient (Wildman–Crippen LogP) is 4.66. The molecule has 1 heterocycles. The first-order valence-corrected chi connectivity index (χ1v) is 8.22. The summed E-state index contributed by atoms with van der Waals surface area (Å²) in [6, 6.07) is 9.84. The van der Waals surface area contributed by atoms with Gasteiger partial charge in [0.15, 0.2) is 5.78 Å². The number of rotatable bonds is 7. The number of Topliss-reactive ketones (excluding diaryl/α,β-unsaturated/α-hetero) is 1. The second kappa shape index (κ2) is 8.05. The molecule has 1 aromatic carbocycles. The SMILES string of the molecule is O=C(CCC(=O)c1cccs1)Nc1ccccc1SC(F)F. The van der Waals surface area contributed by atoms with Crippen LogP contribution in [0.2, 0.25) is 0 Å². The smallest absolute Gasteiger partial charge is 0.288 e. The van der Waals surface area contributed by atoms with Gasteiger partial charge in [0.25, 0.3) is 5.76 Å². The summed E-state index contributed by atoms with van der Waals surface area (Å²) in [4.78, 5) is 24.6. The number of para-hydroxylation sites is 1. The van der Waals surface area contributed by atoms with Crippen LogP contribution in [0.5, 0.6) is 0 Å². The highest BCUT2D eigenvalue weighted by Crippen LogP contribution is 2.31. The zero-order valence-corrected chi connectivity index (χ0v) is 13.1. The van der Waals surface area contributed by atoms with Crippen molar-refractivity contribution in [3.05, 3.63) is 46.7 Å². The first-order valence-electron chi connectivity index (χ1n) is 6.46. The van der Waals surface area contributed by atoms with E-state index in [1.807, 2.05) is 0 Å². The fraction of sp³-hybridized carbons (Fsp3) is 0.200. The minimum atomic E-state index is -2.56. The van der Waals surface area contributed by atoms with Crippen molar-refractivity contribution in [1.29, 1.82) is 0 Å². The topological polar surface area (TPSA) is 46.2 Å². The van der Waals surface area contributed by atoms with E-state index in [9.17, 15) is 18.4 Å². The first kappa shape index (κ1) is 16.6. The Kier molecular flexibility index (Phi) is 6.09. The van der Waals surface area contributed by atoms with Gasteiger partial charge in [-0.25, -0.2) is 0 Å². The van der Waals surface area contributed by atoms with Crippen LogP contribution in [0, 0.1) is 0 Å². The van der Waals surface area contributed by atoms with Gasteiger partial charge in [-0.2, -0.15) is 8.78 Å². The van der Waals surface area contributed by atoms with E-state index in [2.05, 4.69) is 5.32 Å². The Hall–Kier alpha value is -1.73. The molecule has 0 aliphatic rings. The van der Waals surface area contributed by atoms with Gasteiger partial charge in [-0.3, -0.25) is 9.59 Å². The number of anilines is 1. The van der Waals surface area contributed by atoms with Crippen LogP contribution in [-0.4, -0.2) is 17.4 Å². The average Bonchev–Trinajstić information content (AvgIpc) is 3.00. The Labute approximate surface area is 134 Å². The Bertz CT molecular complexity index is 645. The first-order chi connectivity index (χ1) is 10.6. The van der Waals surface area contributed by atoms with Crippen molar-refractivity contribution in [2.24, 2.45) is 0 Å². The van der Waals surface area contributed by atoms with E-state index in [-0.39, 0.29) is 24.5 Å². The van der Waals surface area contributed by atoms with Gasteiger partial charge in [-0.05, 0) is 23.6 Å². The van der Waals surface area contributed by atoms with E-state index >= 15 is 0 Å². The molecular weight excluding hydrogens is 328 g/mol. The Morgan fingerprint density at radius 1 is 1.14 bits per heavy atom. The Morgan fingerprint density at radius 3 is 2.59 bits per heavy atom. The van der Waals surface area contributed by atoms with Gasteiger partial charge in [0.1, 0.15) is 0 Å². The summed E-state index contributed by atoms with van der Waals surface area (Å²) in [5.41, 5.74) is 0.335. The molecule has 0 radical (unpaired) electrons. The summed E-state index contributed by atoms with van der Waals surface area (Å²) in [6.45, 7) is 0. The van der Waals surface area contributed by atoms with Crippen molar-refractivity contribution >= 4 is 40.5 Å². The molecule has 0 aliphatic heterocycles. The quantitative estimate of drug-likeness (QED) is 0.588. The molecule has 1 aromatic heterocycles. The number of carbonyl (C=O) groups is 2. The van der Waals surface area contributed by atoms with Crippen LogP contribution < -0.4 is 5.32 Å². The van der Waals surface area contributed by atoms with Gasteiger partial charge in [0, 0.05) is 17.7 Å². The van der Waals surface area contributed by atoms with E-state index in [0.717, 1.165) is 0 Å². The number of hydrogen-bond acceptors (Lipinski definition) is 4. The van der Waals surface area contributed by atoms with Crippen LogP contribution in [0.3, 0.4) is 0 Å². The monoisotopic (exact) mass is 341 g/mol. The van der Waals surface area contributed by atoms with Gasteiger partial charge in [-0.15, -0.1) is 11.3 Å². The van der Waals surface area contributed by atoms with Gasteiger partial charge in [-0.1, -0.05) is 30.0 Å². The summed E-state index contributed by atoms with van der Waals surface area (Å²) in [7, 11) is 0. The van der Waals surface area contributed by atoms with Crippen LogP contribution in [0.15, 0.2) is 46.7 Å². The molecular formula is C15H13F2NO2S2. The number of alkyl halides is 2. The van der Waals surface area contributed by atoms with Gasteiger partial charge in [0.05, 0.1) is 10.6 Å². The number of hydrogen-bond donors (Lipinski definition) is 1. The second-order valence-electron chi connectivity index (χ2n) is 4.32. The molecule has 2 rings (SSSR count). The summed E-state index contributed by atoms with van der Waals surface area (Å²) in [5, 5.41) is 4.37. The van der Waals surface area contributed by atoms with E-state index in [1.54, 1.807) is 35.7 Å². The summed E-state index contributed by atoms with van der Waals surface area (Å²) < 4.78 is 24.9. The van der Waals surface area contributed by atoms with Gasteiger partial charge >= 0.3 is 0 Å². The highest BCUT2D eigenvalue weighted by atomic mass is 32.2. The number of ketones is 1. The molecule has 0 saturated heterocycles. The molecule has 1 N–H and O–H groups in total. The third-order valence-corrected chi connectivity index (χ3v) is 4.45. The molecule has 0 bridgehead atoms. The van der Waals surface area contributed by atoms with Crippen molar-refractivity contribution in [1.82, 2.24) is 0 Å². The zero-order chi connectivity index (χ0) is 15.9. The van der Waals surface area contributed by atoms with E-state index in [4.69, 9.17) is 0 Å². The maximum absolute atomic E-state index is 12.5. The van der Waals surface area contributed by atoms with Gasteiger partial charge < -0.3 is 5.32 Å². The summed E-state index contributed by atoms with van der Waals surface area (Å²) in [6.07, 6.45) is 0.112. The molecule has 0 atom stereocenters. The minimum absolute atomic E-state index is 0.0183. The summed E-state index contributed by atoms with van der Waals surface area (Å²) >= 11 is 1.70. The normalized spacial score (nSPS) is 10.7. The molecule has 7 heteroatoms. The number of amides is 1. The van der Waals surface area contributed by atoms with Crippen LogP contribution in [0.1, 0.15) is 22.5 Å². The number of nitrogens with one attached hydrogen (secondary N) is 1.